The summed E-state index contributed by atoms with van der Waals surface area (Å²) in [6.45, 7) is 0.902. The number of hydrogen-bond acceptors (Lipinski definition) is 5. The average molecular weight is 319 g/mol. The lowest BCUT2D eigenvalue weighted by Gasteiger charge is -2.17. The van der Waals surface area contributed by atoms with Crippen LogP contribution in [0.5, 0.6) is 5.75 Å². The van der Waals surface area contributed by atoms with Gasteiger partial charge in [0.25, 0.3) is 0 Å². The van der Waals surface area contributed by atoms with Crippen molar-refractivity contribution >= 4 is 27.2 Å². The number of ether oxygens (including phenoxy) is 2. The first kappa shape index (κ1) is 15.3. The Kier molecular flexibility index (Phi) is 4.67. The van der Waals surface area contributed by atoms with Gasteiger partial charge in [-0.15, -0.1) is 0 Å². The predicted molar refractivity (Wildman–Crippen MR) is 74.4 cm³/mol. The van der Waals surface area contributed by atoms with E-state index in [4.69, 9.17) is 21.1 Å². The van der Waals surface area contributed by atoms with Crippen LogP contribution in [-0.4, -0.2) is 40.3 Å². The van der Waals surface area contributed by atoms with Crippen molar-refractivity contribution in [1.29, 1.82) is 0 Å². The van der Waals surface area contributed by atoms with Crippen molar-refractivity contribution in [3.05, 3.63) is 22.7 Å². The predicted octanol–water partition coefficient (Wildman–Crippen LogP) is 2.12. The Bertz CT molecular complexity index is 624. The SMILES string of the molecule is COCCCOc1cc2c(cc1Cl)C(=O)CCS2(=O)=O. The van der Waals surface area contributed by atoms with E-state index >= 15 is 0 Å². The number of methoxy groups -OCH3 is 1. The van der Waals surface area contributed by atoms with Crippen molar-refractivity contribution in [3.8, 4) is 5.75 Å². The molecule has 0 saturated heterocycles. The summed E-state index contributed by atoms with van der Waals surface area (Å²) in [5, 5.41) is 0.242. The van der Waals surface area contributed by atoms with E-state index < -0.39 is 9.84 Å². The fourth-order valence-corrected chi connectivity index (χ4v) is 3.66. The van der Waals surface area contributed by atoms with E-state index in [0.717, 1.165) is 0 Å². The Balaban J connectivity index is 2.30. The second-order valence-electron chi connectivity index (χ2n) is 4.47. The van der Waals surface area contributed by atoms with Crippen LogP contribution in [-0.2, 0) is 14.6 Å². The van der Waals surface area contributed by atoms with Gasteiger partial charge in [-0.2, -0.15) is 0 Å². The van der Waals surface area contributed by atoms with Crippen molar-refractivity contribution in [3.63, 3.8) is 0 Å². The molecule has 20 heavy (non-hydrogen) atoms. The van der Waals surface area contributed by atoms with Crippen molar-refractivity contribution in [2.24, 2.45) is 0 Å². The number of hydrogen-bond donors (Lipinski definition) is 0. The van der Waals surface area contributed by atoms with Crippen LogP contribution >= 0.6 is 11.6 Å². The second-order valence-corrected chi connectivity index (χ2v) is 6.95. The van der Waals surface area contributed by atoms with Crippen LogP contribution in [0.4, 0.5) is 0 Å². The Hall–Kier alpha value is -1.11. The van der Waals surface area contributed by atoms with Crippen molar-refractivity contribution in [2.75, 3.05) is 26.1 Å². The fraction of sp³-hybridized carbons (Fsp3) is 0.462. The molecule has 1 heterocycles. The molecule has 0 N–H and O–H groups in total. The summed E-state index contributed by atoms with van der Waals surface area (Å²) >= 11 is 6.03. The minimum atomic E-state index is -3.43. The van der Waals surface area contributed by atoms with E-state index in [1.54, 1.807) is 7.11 Å². The van der Waals surface area contributed by atoms with E-state index in [-0.39, 0.29) is 39.2 Å². The number of fused-ring (bicyclic) bond motifs is 1. The summed E-state index contributed by atoms with van der Waals surface area (Å²) < 4.78 is 34.3. The molecule has 0 saturated carbocycles. The normalized spacial score (nSPS) is 16.8. The molecule has 0 fully saturated rings. The number of benzene rings is 1. The molecule has 5 nitrogen and oxygen atoms in total. The van der Waals surface area contributed by atoms with Gasteiger partial charge in [0.2, 0.25) is 0 Å². The highest BCUT2D eigenvalue weighted by Crippen LogP contribution is 2.34. The lowest BCUT2D eigenvalue weighted by atomic mass is 10.1. The lowest BCUT2D eigenvalue weighted by molar-refractivity contribution is 0.0983. The molecule has 0 aromatic heterocycles. The molecule has 1 aromatic rings. The topological polar surface area (TPSA) is 69.7 Å². The zero-order chi connectivity index (χ0) is 14.8. The van der Waals surface area contributed by atoms with Crippen molar-refractivity contribution < 1.29 is 22.7 Å². The van der Waals surface area contributed by atoms with Crippen LogP contribution < -0.4 is 4.74 Å². The van der Waals surface area contributed by atoms with Gasteiger partial charge in [-0.25, -0.2) is 8.42 Å². The largest absolute Gasteiger partial charge is 0.492 e. The van der Waals surface area contributed by atoms with Gasteiger partial charge in [-0.1, -0.05) is 11.6 Å². The first-order chi connectivity index (χ1) is 9.45. The molecule has 1 aliphatic heterocycles. The van der Waals surface area contributed by atoms with E-state index in [1.165, 1.54) is 12.1 Å². The summed E-state index contributed by atoms with van der Waals surface area (Å²) in [5.74, 6) is -0.0914. The monoisotopic (exact) mass is 318 g/mol. The smallest absolute Gasteiger partial charge is 0.179 e. The quantitative estimate of drug-likeness (QED) is 0.778. The Morgan fingerprint density at radius 1 is 1.30 bits per heavy atom. The van der Waals surface area contributed by atoms with Gasteiger partial charge in [0, 0.05) is 38.2 Å². The minimum absolute atomic E-state index is 0.000293. The standard InChI is InChI=1S/C13H15ClO5S/c1-18-4-2-5-19-12-8-13-9(7-10(12)14)11(15)3-6-20(13,16)17/h7-8H,2-6H2,1H3. The highest BCUT2D eigenvalue weighted by Gasteiger charge is 2.30. The van der Waals surface area contributed by atoms with Crippen LogP contribution in [0.2, 0.25) is 5.02 Å². The molecule has 0 unspecified atom stereocenters. The van der Waals surface area contributed by atoms with Crippen LogP contribution in [0.15, 0.2) is 17.0 Å². The molecule has 7 heteroatoms. The van der Waals surface area contributed by atoms with Gasteiger partial charge >= 0.3 is 0 Å². The van der Waals surface area contributed by atoms with Gasteiger partial charge in [0.15, 0.2) is 15.6 Å². The summed E-state index contributed by atoms with van der Waals surface area (Å²) in [5.41, 5.74) is 0.158. The van der Waals surface area contributed by atoms with E-state index in [9.17, 15) is 13.2 Å². The summed E-state index contributed by atoms with van der Waals surface area (Å²) in [6, 6.07) is 2.72. The van der Waals surface area contributed by atoms with Gasteiger partial charge in [0.05, 0.1) is 22.3 Å². The van der Waals surface area contributed by atoms with Crippen molar-refractivity contribution in [2.45, 2.75) is 17.7 Å². The maximum absolute atomic E-state index is 12.0. The highest BCUT2D eigenvalue weighted by atomic mass is 35.5. The van der Waals surface area contributed by atoms with Crippen LogP contribution in [0.1, 0.15) is 23.2 Å². The van der Waals surface area contributed by atoms with Crippen LogP contribution in [0, 0.1) is 0 Å². The number of halogens is 1. The molecule has 0 amide bonds. The van der Waals surface area contributed by atoms with E-state index in [0.29, 0.717) is 19.6 Å². The molecule has 0 bridgehead atoms. The number of rotatable bonds is 5. The number of sulfone groups is 1. The number of carbonyl (C=O) groups is 1. The Morgan fingerprint density at radius 3 is 2.75 bits per heavy atom. The lowest BCUT2D eigenvalue weighted by Crippen LogP contribution is -2.21. The molecule has 2 rings (SSSR count). The van der Waals surface area contributed by atoms with Crippen LogP contribution in [0.25, 0.3) is 0 Å². The van der Waals surface area contributed by atoms with Gasteiger partial charge in [-0.05, 0) is 6.07 Å². The molecule has 0 aliphatic carbocycles. The third-order valence-electron chi connectivity index (χ3n) is 3.02. The molecule has 110 valence electrons. The third-order valence-corrected chi connectivity index (χ3v) is 5.06. The first-order valence-corrected chi connectivity index (χ1v) is 8.20. The highest BCUT2D eigenvalue weighted by molar-refractivity contribution is 7.91. The van der Waals surface area contributed by atoms with Gasteiger partial charge in [-0.3, -0.25) is 4.79 Å². The zero-order valence-electron chi connectivity index (χ0n) is 11.0. The van der Waals surface area contributed by atoms with E-state index in [1.807, 2.05) is 0 Å². The number of ketones is 1. The maximum Gasteiger partial charge on any atom is 0.179 e. The molecule has 1 aromatic carbocycles. The second kappa shape index (κ2) is 6.11. The third kappa shape index (κ3) is 3.13. The zero-order valence-corrected chi connectivity index (χ0v) is 12.6. The summed E-state index contributed by atoms with van der Waals surface area (Å²) in [7, 11) is -1.85. The Morgan fingerprint density at radius 2 is 2.05 bits per heavy atom. The van der Waals surface area contributed by atoms with Gasteiger partial charge in [0.1, 0.15) is 5.75 Å². The maximum atomic E-state index is 12.0. The molecule has 0 spiro atoms. The average Bonchev–Trinajstić information content (AvgIpc) is 2.40. The molecule has 0 radical (unpaired) electrons. The molecule has 1 aliphatic rings. The van der Waals surface area contributed by atoms with Crippen molar-refractivity contribution in [1.82, 2.24) is 0 Å². The first-order valence-electron chi connectivity index (χ1n) is 6.17. The summed E-state index contributed by atoms with van der Waals surface area (Å²) in [6.07, 6.45) is 0.662. The molecular formula is C13H15ClO5S. The molecular weight excluding hydrogens is 304 g/mol. The van der Waals surface area contributed by atoms with Gasteiger partial charge < -0.3 is 9.47 Å². The fourth-order valence-electron chi connectivity index (χ4n) is 1.98. The summed E-state index contributed by atoms with van der Waals surface area (Å²) in [4.78, 5) is 11.8. The molecule has 0 atom stereocenters. The number of carbonyl (C=O) groups excluding carboxylic acids is 1. The van der Waals surface area contributed by atoms with Crippen LogP contribution in [0.3, 0.4) is 0 Å². The Labute approximate surface area is 122 Å². The number of Topliss-reactive ketones (excluding diaryl/α,β-unsaturated/α-hetero) is 1. The minimum Gasteiger partial charge on any atom is -0.492 e. The van der Waals surface area contributed by atoms with E-state index in [2.05, 4.69) is 0 Å².